The fourth-order valence-electron chi connectivity index (χ4n) is 2.37. The lowest BCUT2D eigenvalue weighted by Crippen LogP contribution is -1.96. The van der Waals surface area contributed by atoms with Gasteiger partial charge in [-0.3, -0.25) is 14.2 Å². The minimum atomic E-state index is -0.754. The lowest BCUT2D eigenvalue weighted by atomic mass is 10.1. The number of benzene rings is 1. The first-order valence-corrected chi connectivity index (χ1v) is 8.36. The highest BCUT2D eigenvalue weighted by Gasteiger charge is 2.12. The van der Waals surface area contributed by atoms with Gasteiger partial charge in [0.15, 0.2) is 4.96 Å². The number of carboxylic acids is 1. The van der Waals surface area contributed by atoms with Crippen LogP contribution in [0.15, 0.2) is 46.9 Å². The van der Waals surface area contributed by atoms with E-state index in [1.807, 2.05) is 52.5 Å². The second-order valence-electron chi connectivity index (χ2n) is 5.15. The van der Waals surface area contributed by atoms with E-state index in [0.29, 0.717) is 13.0 Å². The largest absolute Gasteiger partial charge is 0.481 e. The summed E-state index contributed by atoms with van der Waals surface area (Å²) in [5, 5.41) is 10.6. The number of carbonyl (C=O) groups is 1. The van der Waals surface area contributed by atoms with E-state index < -0.39 is 5.97 Å². The van der Waals surface area contributed by atoms with Gasteiger partial charge in [-0.15, -0.1) is 11.3 Å². The van der Waals surface area contributed by atoms with E-state index in [2.05, 4.69) is 4.99 Å². The number of thiazole rings is 1. The van der Waals surface area contributed by atoms with Crippen LogP contribution in [0.3, 0.4) is 0 Å². The summed E-state index contributed by atoms with van der Waals surface area (Å²) >= 11 is 1.59. The molecule has 0 atom stereocenters. The number of carboxylic acid groups (broad SMARTS) is 1. The number of rotatable bonds is 7. The monoisotopic (exact) mass is 327 g/mol. The molecule has 0 amide bonds. The van der Waals surface area contributed by atoms with Crippen molar-refractivity contribution in [2.24, 2.45) is 4.99 Å². The molecule has 0 saturated carbocycles. The van der Waals surface area contributed by atoms with Crippen LogP contribution in [0.25, 0.3) is 16.2 Å². The number of imidazole rings is 1. The Kier molecular flexibility index (Phi) is 4.83. The Bertz CT molecular complexity index is 821. The van der Waals surface area contributed by atoms with E-state index in [9.17, 15) is 4.79 Å². The predicted molar refractivity (Wildman–Crippen MR) is 92.5 cm³/mol. The number of hydrogen-bond acceptors (Lipinski definition) is 4. The maximum absolute atomic E-state index is 10.5. The molecule has 6 heteroatoms. The van der Waals surface area contributed by atoms with Crippen LogP contribution >= 0.6 is 11.3 Å². The first-order valence-electron chi connectivity index (χ1n) is 7.48. The van der Waals surface area contributed by atoms with Gasteiger partial charge in [0, 0.05) is 36.3 Å². The fraction of sp³-hybridized carbons (Fsp3) is 0.235. The van der Waals surface area contributed by atoms with Gasteiger partial charge in [-0.05, 0) is 12.8 Å². The molecule has 1 aromatic carbocycles. The molecule has 23 heavy (non-hydrogen) atoms. The highest BCUT2D eigenvalue weighted by molar-refractivity contribution is 7.15. The molecule has 3 rings (SSSR count). The topological polar surface area (TPSA) is 67.0 Å². The van der Waals surface area contributed by atoms with Crippen molar-refractivity contribution in [3.05, 3.63) is 47.6 Å². The van der Waals surface area contributed by atoms with E-state index in [1.54, 1.807) is 11.3 Å². The van der Waals surface area contributed by atoms with Crippen molar-refractivity contribution in [2.45, 2.75) is 19.3 Å². The predicted octanol–water partition coefficient (Wildman–Crippen LogP) is 3.74. The molecule has 118 valence electrons. The average Bonchev–Trinajstić information content (AvgIpc) is 3.13. The normalized spacial score (nSPS) is 11.5. The smallest absolute Gasteiger partial charge is 0.303 e. The molecule has 1 N–H and O–H groups in total. The van der Waals surface area contributed by atoms with Crippen LogP contribution < -0.4 is 0 Å². The van der Waals surface area contributed by atoms with Gasteiger partial charge in [0.25, 0.3) is 0 Å². The molecule has 0 spiro atoms. The molecule has 2 heterocycles. The molecule has 2 aromatic heterocycles. The third-order valence-electron chi connectivity index (χ3n) is 3.49. The van der Waals surface area contributed by atoms with Crippen molar-refractivity contribution in [1.29, 1.82) is 0 Å². The second kappa shape index (κ2) is 7.19. The summed E-state index contributed by atoms with van der Waals surface area (Å²) in [6, 6.07) is 10.1. The molecule has 0 aliphatic heterocycles. The van der Waals surface area contributed by atoms with Gasteiger partial charge in [-0.2, -0.15) is 0 Å². The lowest BCUT2D eigenvalue weighted by molar-refractivity contribution is -0.137. The van der Waals surface area contributed by atoms with Gasteiger partial charge in [0.2, 0.25) is 0 Å². The summed E-state index contributed by atoms with van der Waals surface area (Å²) < 4.78 is 2.04. The van der Waals surface area contributed by atoms with Gasteiger partial charge in [0.1, 0.15) is 0 Å². The number of fused-ring (bicyclic) bond motifs is 1. The first kappa shape index (κ1) is 15.4. The summed E-state index contributed by atoms with van der Waals surface area (Å²) in [5.74, 6) is -0.754. The Labute approximate surface area is 138 Å². The Morgan fingerprint density at radius 1 is 1.30 bits per heavy atom. The highest BCUT2D eigenvalue weighted by atomic mass is 32.1. The summed E-state index contributed by atoms with van der Waals surface area (Å²) in [7, 11) is 0. The molecule has 0 unspecified atom stereocenters. The minimum Gasteiger partial charge on any atom is -0.481 e. The highest BCUT2D eigenvalue weighted by Crippen LogP contribution is 2.25. The molecule has 0 saturated heterocycles. The maximum Gasteiger partial charge on any atom is 0.303 e. The maximum atomic E-state index is 10.5. The minimum absolute atomic E-state index is 0.201. The van der Waals surface area contributed by atoms with E-state index in [-0.39, 0.29) is 6.42 Å². The SMILES string of the molecule is O=C(O)CCCCN=Cc1c(-c2ccccc2)nc2sccn12. The van der Waals surface area contributed by atoms with Gasteiger partial charge in [-0.25, -0.2) is 4.98 Å². The van der Waals surface area contributed by atoms with Crippen LogP contribution in [0.5, 0.6) is 0 Å². The number of nitrogens with zero attached hydrogens (tertiary/aromatic N) is 3. The second-order valence-corrected chi connectivity index (χ2v) is 6.03. The number of unbranched alkanes of at least 4 members (excludes halogenated alkanes) is 1. The van der Waals surface area contributed by atoms with Crippen molar-refractivity contribution >= 4 is 28.5 Å². The summed E-state index contributed by atoms with van der Waals surface area (Å²) in [6.07, 6.45) is 5.46. The number of aliphatic imine (C=N–C) groups is 1. The molecular weight excluding hydrogens is 310 g/mol. The molecular formula is C17H17N3O2S. The zero-order valence-corrected chi connectivity index (χ0v) is 13.4. The molecule has 0 aliphatic carbocycles. The van der Waals surface area contributed by atoms with Crippen molar-refractivity contribution in [3.8, 4) is 11.3 Å². The van der Waals surface area contributed by atoms with Gasteiger partial charge in [0.05, 0.1) is 11.4 Å². The molecule has 0 radical (unpaired) electrons. The van der Waals surface area contributed by atoms with Gasteiger partial charge >= 0.3 is 5.97 Å². The molecule has 0 bridgehead atoms. The fourth-order valence-corrected chi connectivity index (χ4v) is 3.09. The van der Waals surface area contributed by atoms with Crippen LogP contribution in [0.4, 0.5) is 0 Å². The van der Waals surface area contributed by atoms with E-state index in [0.717, 1.165) is 28.3 Å². The van der Waals surface area contributed by atoms with E-state index in [4.69, 9.17) is 10.1 Å². The van der Waals surface area contributed by atoms with E-state index >= 15 is 0 Å². The third-order valence-corrected chi connectivity index (χ3v) is 4.24. The lowest BCUT2D eigenvalue weighted by Gasteiger charge is -1.99. The average molecular weight is 327 g/mol. The zero-order valence-electron chi connectivity index (χ0n) is 12.6. The number of hydrogen-bond donors (Lipinski definition) is 1. The van der Waals surface area contributed by atoms with Crippen LogP contribution in [-0.2, 0) is 4.79 Å². The van der Waals surface area contributed by atoms with Crippen molar-refractivity contribution < 1.29 is 9.90 Å². The van der Waals surface area contributed by atoms with Crippen LogP contribution in [-0.4, -0.2) is 33.2 Å². The third kappa shape index (κ3) is 3.65. The van der Waals surface area contributed by atoms with Crippen molar-refractivity contribution in [1.82, 2.24) is 9.38 Å². The molecule has 3 aromatic rings. The zero-order chi connectivity index (χ0) is 16.1. The van der Waals surface area contributed by atoms with Crippen molar-refractivity contribution in [2.75, 3.05) is 6.54 Å². The van der Waals surface area contributed by atoms with Crippen LogP contribution in [0.2, 0.25) is 0 Å². The van der Waals surface area contributed by atoms with E-state index in [1.165, 1.54) is 0 Å². The van der Waals surface area contributed by atoms with Gasteiger partial charge in [-0.1, -0.05) is 30.3 Å². The number of aromatic nitrogens is 2. The Hall–Kier alpha value is -2.47. The molecule has 0 fully saturated rings. The molecule has 5 nitrogen and oxygen atoms in total. The van der Waals surface area contributed by atoms with Crippen LogP contribution in [0, 0.1) is 0 Å². The Balaban J connectivity index is 1.79. The van der Waals surface area contributed by atoms with Crippen LogP contribution in [0.1, 0.15) is 25.0 Å². The molecule has 0 aliphatic rings. The quantitative estimate of drug-likeness (QED) is 0.531. The summed E-state index contributed by atoms with van der Waals surface area (Å²) in [6.45, 7) is 0.624. The van der Waals surface area contributed by atoms with Gasteiger partial charge < -0.3 is 5.11 Å². The summed E-state index contributed by atoms with van der Waals surface area (Å²) in [4.78, 5) is 20.6. The number of aliphatic carboxylic acids is 1. The van der Waals surface area contributed by atoms with Crippen molar-refractivity contribution in [3.63, 3.8) is 0 Å². The standard InChI is InChI=1S/C17H17N3O2S/c21-15(22)8-4-5-9-18-12-14-16(13-6-2-1-3-7-13)19-17-20(14)10-11-23-17/h1-3,6-7,10-12H,4-5,8-9H2,(H,21,22). The summed E-state index contributed by atoms with van der Waals surface area (Å²) in [5.41, 5.74) is 2.95. The Morgan fingerprint density at radius 3 is 2.91 bits per heavy atom. The Morgan fingerprint density at radius 2 is 2.13 bits per heavy atom. The first-order chi connectivity index (χ1) is 11.3.